The van der Waals surface area contributed by atoms with Crippen molar-refractivity contribution in [3.8, 4) is 17.1 Å². The number of aromatic nitrogens is 2. The molecule has 3 aromatic rings. The Morgan fingerprint density at radius 2 is 1.88 bits per heavy atom. The molecule has 8 nitrogen and oxygen atoms in total. The van der Waals surface area contributed by atoms with Crippen molar-refractivity contribution in [2.24, 2.45) is 0 Å². The van der Waals surface area contributed by atoms with E-state index < -0.39 is 0 Å². The minimum atomic E-state index is -0.346. The molecule has 2 amide bonds. The zero-order chi connectivity index (χ0) is 22.5. The number of hydrogen-bond donors (Lipinski definition) is 1. The predicted molar refractivity (Wildman–Crippen MR) is 124 cm³/mol. The molecule has 0 bridgehead atoms. The van der Waals surface area contributed by atoms with Crippen LogP contribution < -0.4 is 10.1 Å². The Hall–Kier alpha value is -3.30. The van der Waals surface area contributed by atoms with Gasteiger partial charge in [0.15, 0.2) is 5.13 Å². The van der Waals surface area contributed by atoms with Gasteiger partial charge in [-0.05, 0) is 44.3 Å². The van der Waals surface area contributed by atoms with Gasteiger partial charge in [-0.15, -0.1) is 11.3 Å². The summed E-state index contributed by atoms with van der Waals surface area (Å²) >= 11 is 1.32. The Bertz CT molecular complexity index is 1090. The van der Waals surface area contributed by atoms with Crippen molar-refractivity contribution in [2.75, 3.05) is 45.2 Å². The molecule has 4 rings (SSSR count). The lowest BCUT2D eigenvalue weighted by Gasteiger charge is -2.32. The van der Waals surface area contributed by atoms with Crippen LogP contribution in [0.3, 0.4) is 0 Å². The van der Waals surface area contributed by atoms with Crippen LogP contribution in [-0.2, 0) is 0 Å². The van der Waals surface area contributed by atoms with Gasteiger partial charge in [0.2, 0.25) is 0 Å². The number of nitrogens with zero attached hydrogens (tertiary/aromatic N) is 4. The van der Waals surface area contributed by atoms with E-state index in [2.05, 4.69) is 20.2 Å². The summed E-state index contributed by atoms with van der Waals surface area (Å²) in [5, 5.41) is 5.13. The SMILES string of the molecule is CCOc1cc(C(=O)Nc2nc(-c3ccccn3)cs2)cc(C(=O)N2CCN(C)CC2)c1. The third kappa shape index (κ3) is 5.12. The van der Waals surface area contributed by atoms with Gasteiger partial charge in [-0.3, -0.25) is 19.9 Å². The van der Waals surface area contributed by atoms with E-state index in [1.807, 2.05) is 42.5 Å². The Labute approximate surface area is 190 Å². The summed E-state index contributed by atoms with van der Waals surface area (Å²) in [5.41, 5.74) is 2.23. The second-order valence-corrected chi connectivity index (χ2v) is 8.34. The van der Waals surface area contributed by atoms with Crippen molar-refractivity contribution in [3.05, 3.63) is 59.1 Å². The Balaban J connectivity index is 1.54. The first-order valence-electron chi connectivity index (χ1n) is 10.5. The molecule has 0 aliphatic carbocycles. The number of ether oxygens (including phenoxy) is 1. The number of benzene rings is 1. The minimum absolute atomic E-state index is 0.0969. The van der Waals surface area contributed by atoms with Crippen LogP contribution in [0.5, 0.6) is 5.75 Å². The van der Waals surface area contributed by atoms with Gasteiger partial charge in [-0.1, -0.05) is 6.07 Å². The number of carbonyl (C=O) groups excluding carboxylic acids is 2. The van der Waals surface area contributed by atoms with E-state index in [4.69, 9.17) is 4.74 Å². The van der Waals surface area contributed by atoms with Crippen molar-refractivity contribution in [1.82, 2.24) is 19.8 Å². The number of amides is 2. The molecule has 1 aliphatic rings. The van der Waals surface area contributed by atoms with Gasteiger partial charge in [0, 0.05) is 48.9 Å². The van der Waals surface area contributed by atoms with Gasteiger partial charge >= 0.3 is 0 Å². The molecule has 1 aromatic carbocycles. The van der Waals surface area contributed by atoms with Gasteiger partial charge in [0.25, 0.3) is 11.8 Å². The van der Waals surface area contributed by atoms with Crippen molar-refractivity contribution >= 4 is 28.3 Å². The van der Waals surface area contributed by atoms with E-state index >= 15 is 0 Å². The van der Waals surface area contributed by atoms with Crippen LogP contribution in [0.2, 0.25) is 0 Å². The fourth-order valence-electron chi connectivity index (χ4n) is 3.43. The van der Waals surface area contributed by atoms with Gasteiger partial charge in [-0.2, -0.15) is 0 Å². The van der Waals surface area contributed by atoms with Crippen molar-refractivity contribution in [1.29, 1.82) is 0 Å². The highest BCUT2D eigenvalue weighted by molar-refractivity contribution is 7.14. The minimum Gasteiger partial charge on any atom is -0.494 e. The lowest BCUT2D eigenvalue weighted by molar-refractivity contribution is 0.0663. The summed E-state index contributed by atoms with van der Waals surface area (Å²) in [6, 6.07) is 10.5. The Kier molecular flexibility index (Phi) is 6.77. The largest absolute Gasteiger partial charge is 0.494 e. The average molecular weight is 452 g/mol. The van der Waals surface area contributed by atoms with Gasteiger partial charge in [-0.25, -0.2) is 4.98 Å². The summed E-state index contributed by atoms with van der Waals surface area (Å²) in [7, 11) is 2.04. The molecule has 32 heavy (non-hydrogen) atoms. The van der Waals surface area contributed by atoms with E-state index in [9.17, 15) is 9.59 Å². The van der Waals surface area contributed by atoms with Gasteiger partial charge in [0.1, 0.15) is 11.4 Å². The van der Waals surface area contributed by atoms with E-state index in [1.54, 1.807) is 24.4 Å². The maximum Gasteiger partial charge on any atom is 0.257 e. The molecule has 9 heteroatoms. The average Bonchev–Trinajstić information content (AvgIpc) is 3.28. The smallest absolute Gasteiger partial charge is 0.257 e. The quantitative estimate of drug-likeness (QED) is 0.619. The number of hydrogen-bond acceptors (Lipinski definition) is 7. The maximum atomic E-state index is 13.1. The molecule has 1 N–H and O–H groups in total. The molecule has 2 aromatic heterocycles. The van der Waals surface area contributed by atoms with Gasteiger partial charge < -0.3 is 14.5 Å². The first kappa shape index (κ1) is 21.9. The highest BCUT2D eigenvalue weighted by atomic mass is 32.1. The second-order valence-electron chi connectivity index (χ2n) is 7.48. The van der Waals surface area contributed by atoms with Crippen molar-refractivity contribution in [3.63, 3.8) is 0 Å². The molecular weight excluding hydrogens is 426 g/mol. The van der Waals surface area contributed by atoms with Crippen LogP contribution in [-0.4, -0.2) is 71.4 Å². The van der Waals surface area contributed by atoms with Crippen LogP contribution in [0.1, 0.15) is 27.6 Å². The van der Waals surface area contributed by atoms with E-state index in [-0.39, 0.29) is 11.8 Å². The third-order valence-electron chi connectivity index (χ3n) is 5.17. The van der Waals surface area contributed by atoms with Crippen molar-refractivity contribution < 1.29 is 14.3 Å². The number of thiazole rings is 1. The molecule has 0 atom stereocenters. The monoisotopic (exact) mass is 451 g/mol. The molecule has 1 saturated heterocycles. The van der Waals surface area contributed by atoms with Crippen LogP contribution in [0, 0.1) is 0 Å². The van der Waals surface area contributed by atoms with E-state index in [1.165, 1.54) is 11.3 Å². The first-order valence-corrected chi connectivity index (χ1v) is 11.4. The zero-order valence-electron chi connectivity index (χ0n) is 18.1. The molecule has 0 spiro atoms. The highest BCUT2D eigenvalue weighted by Gasteiger charge is 2.22. The number of carbonyl (C=O) groups is 2. The number of pyridine rings is 1. The number of rotatable bonds is 6. The summed E-state index contributed by atoms with van der Waals surface area (Å²) in [4.78, 5) is 38.8. The third-order valence-corrected chi connectivity index (χ3v) is 5.93. The molecule has 0 radical (unpaired) electrons. The zero-order valence-corrected chi connectivity index (χ0v) is 18.9. The predicted octanol–water partition coefficient (Wildman–Crippen LogP) is 3.24. The number of nitrogens with one attached hydrogen (secondary N) is 1. The van der Waals surface area contributed by atoms with E-state index in [0.29, 0.717) is 47.4 Å². The summed E-state index contributed by atoms with van der Waals surface area (Å²) < 4.78 is 5.62. The Morgan fingerprint density at radius 3 is 2.59 bits per heavy atom. The Morgan fingerprint density at radius 1 is 1.09 bits per heavy atom. The molecule has 1 fully saturated rings. The fraction of sp³-hybridized carbons (Fsp3) is 0.304. The number of anilines is 1. The van der Waals surface area contributed by atoms with Crippen LogP contribution in [0.4, 0.5) is 5.13 Å². The summed E-state index contributed by atoms with van der Waals surface area (Å²) in [6.45, 7) is 5.27. The van der Waals surface area contributed by atoms with Crippen LogP contribution >= 0.6 is 11.3 Å². The topological polar surface area (TPSA) is 87.7 Å². The van der Waals surface area contributed by atoms with Crippen LogP contribution in [0.15, 0.2) is 48.0 Å². The van der Waals surface area contributed by atoms with E-state index in [0.717, 1.165) is 18.8 Å². The molecular formula is C23H25N5O3S. The molecule has 1 aliphatic heterocycles. The molecule has 0 unspecified atom stereocenters. The lowest BCUT2D eigenvalue weighted by Crippen LogP contribution is -2.47. The first-order chi connectivity index (χ1) is 15.5. The molecule has 0 saturated carbocycles. The second kappa shape index (κ2) is 9.88. The number of likely N-dealkylation sites (N-methyl/N-ethyl adjacent to an activating group) is 1. The number of piperazine rings is 1. The maximum absolute atomic E-state index is 13.1. The summed E-state index contributed by atoms with van der Waals surface area (Å²) in [6.07, 6.45) is 1.70. The van der Waals surface area contributed by atoms with Crippen molar-refractivity contribution in [2.45, 2.75) is 6.92 Å². The van der Waals surface area contributed by atoms with Crippen LogP contribution in [0.25, 0.3) is 11.4 Å². The lowest BCUT2D eigenvalue weighted by atomic mass is 10.1. The summed E-state index contributed by atoms with van der Waals surface area (Å²) in [5.74, 6) is 0.0484. The standard InChI is InChI=1S/C23H25N5O3S/c1-3-31-18-13-16(12-17(14-18)22(30)28-10-8-27(2)9-11-28)21(29)26-23-25-20(15-32-23)19-6-4-5-7-24-19/h4-7,12-15H,3,8-11H2,1-2H3,(H,25,26,29). The van der Waals surface area contributed by atoms with Gasteiger partial charge in [0.05, 0.1) is 12.3 Å². The highest BCUT2D eigenvalue weighted by Crippen LogP contribution is 2.25. The fourth-order valence-corrected chi connectivity index (χ4v) is 4.13. The molecule has 3 heterocycles. The normalized spacial score (nSPS) is 14.2. The molecule has 166 valence electrons.